The van der Waals surface area contributed by atoms with Crippen LogP contribution in [-0.4, -0.2) is 61.4 Å². The van der Waals surface area contributed by atoms with Gasteiger partial charge in [-0.2, -0.15) is 0 Å². The lowest BCUT2D eigenvalue weighted by atomic mass is 10.1. The van der Waals surface area contributed by atoms with Crippen molar-refractivity contribution < 1.29 is 14.3 Å². The predicted octanol–water partition coefficient (Wildman–Crippen LogP) is 3.82. The first-order valence-corrected chi connectivity index (χ1v) is 11.2. The number of para-hydroxylation sites is 1. The van der Waals surface area contributed by atoms with Crippen molar-refractivity contribution in [1.29, 1.82) is 0 Å². The van der Waals surface area contributed by atoms with Gasteiger partial charge >= 0.3 is 0 Å². The van der Waals surface area contributed by atoms with Gasteiger partial charge in [0, 0.05) is 48.0 Å². The largest absolute Gasteiger partial charge is 0.496 e. The van der Waals surface area contributed by atoms with Crippen molar-refractivity contribution in [3.63, 3.8) is 0 Å². The first-order chi connectivity index (χ1) is 15.0. The zero-order chi connectivity index (χ0) is 22.2. The van der Waals surface area contributed by atoms with Gasteiger partial charge in [-0.15, -0.1) is 0 Å². The molecule has 2 aromatic rings. The zero-order valence-electron chi connectivity index (χ0n) is 17.9. The first kappa shape index (κ1) is 23.0. The molecule has 6 nitrogen and oxygen atoms in total. The minimum atomic E-state index is -0.0389. The van der Waals surface area contributed by atoms with Gasteiger partial charge in [0.25, 0.3) is 0 Å². The van der Waals surface area contributed by atoms with Crippen molar-refractivity contribution in [3.05, 3.63) is 64.1 Å². The fraction of sp³-hybridized carbons (Fsp3) is 0.333. The number of halogens is 1. The monoisotopic (exact) mass is 485 g/mol. The average molecular weight is 486 g/mol. The Morgan fingerprint density at radius 1 is 1.13 bits per heavy atom. The third kappa shape index (κ3) is 6.42. The minimum absolute atomic E-state index is 0.0256. The molecule has 1 N–H and O–H groups in total. The molecule has 1 fully saturated rings. The number of rotatable bonds is 7. The van der Waals surface area contributed by atoms with E-state index < -0.39 is 0 Å². The number of benzene rings is 2. The number of aryl methyl sites for hydroxylation is 1. The summed E-state index contributed by atoms with van der Waals surface area (Å²) in [4.78, 5) is 28.9. The van der Waals surface area contributed by atoms with Crippen molar-refractivity contribution in [2.75, 3.05) is 45.2 Å². The van der Waals surface area contributed by atoms with Gasteiger partial charge in [-0.05, 0) is 42.3 Å². The number of hydrogen-bond acceptors (Lipinski definition) is 4. The molecule has 2 amide bonds. The highest BCUT2D eigenvalue weighted by Crippen LogP contribution is 2.24. The van der Waals surface area contributed by atoms with Gasteiger partial charge < -0.3 is 15.0 Å². The second kappa shape index (κ2) is 11.1. The predicted molar refractivity (Wildman–Crippen MR) is 127 cm³/mol. The molecular weight excluding hydrogens is 458 g/mol. The molecule has 0 aromatic heterocycles. The maximum absolute atomic E-state index is 12.6. The van der Waals surface area contributed by atoms with E-state index >= 15 is 0 Å². The normalized spacial score (nSPS) is 14.6. The molecule has 0 spiro atoms. The number of anilines is 1. The number of methoxy groups -OCH3 is 1. The molecule has 0 atom stereocenters. The number of ether oxygens (including phenoxy) is 1. The Morgan fingerprint density at radius 3 is 2.58 bits per heavy atom. The molecule has 3 rings (SSSR count). The SMILES string of the molecule is CCc1ccccc1NC(=O)CN1CCN(C(=O)/C=C/c2cc(Br)ccc2OC)CC1. The molecular formula is C24H28BrN3O3. The van der Waals surface area contributed by atoms with Crippen LogP contribution in [-0.2, 0) is 16.0 Å². The van der Waals surface area contributed by atoms with Crippen LogP contribution in [0.2, 0.25) is 0 Å². The van der Waals surface area contributed by atoms with E-state index in [1.807, 2.05) is 47.4 Å². The maximum Gasteiger partial charge on any atom is 0.246 e. The second-order valence-electron chi connectivity index (χ2n) is 7.38. The summed E-state index contributed by atoms with van der Waals surface area (Å²) in [6, 6.07) is 13.5. The Labute approximate surface area is 192 Å². The van der Waals surface area contributed by atoms with E-state index in [2.05, 4.69) is 33.1 Å². The molecule has 0 bridgehead atoms. The average Bonchev–Trinajstić information content (AvgIpc) is 2.78. The lowest BCUT2D eigenvalue weighted by Gasteiger charge is -2.33. The first-order valence-electron chi connectivity index (χ1n) is 10.4. The summed E-state index contributed by atoms with van der Waals surface area (Å²) in [6.45, 7) is 4.92. The van der Waals surface area contributed by atoms with Gasteiger partial charge in [-0.25, -0.2) is 0 Å². The quantitative estimate of drug-likeness (QED) is 0.605. The van der Waals surface area contributed by atoms with Crippen LogP contribution < -0.4 is 10.1 Å². The Balaban J connectivity index is 1.49. The molecule has 0 saturated carbocycles. The highest BCUT2D eigenvalue weighted by molar-refractivity contribution is 9.10. The van der Waals surface area contributed by atoms with E-state index in [0.717, 1.165) is 27.7 Å². The molecule has 1 aliphatic heterocycles. The molecule has 1 heterocycles. The van der Waals surface area contributed by atoms with Gasteiger partial charge in [0.05, 0.1) is 13.7 Å². The van der Waals surface area contributed by atoms with E-state index in [4.69, 9.17) is 4.74 Å². The van der Waals surface area contributed by atoms with E-state index in [1.165, 1.54) is 0 Å². The molecule has 7 heteroatoms. The standard InChI is InChI=1S/C24H28BrN3O3/c1-3-18-6-4-5-7-21(18)26-23(29)17-27-12-14-28(15-13-27)24(30)11-8-19-16-20(25)9-10-22(19)31-2/h4-11,16H,3,12-15,17H2,1-2H3,(H,26,29)/b11-8+. The van der Waals surface area contributed by atoms with E-state index in [-0.39, 0.29) is 11.8 Å². The number of nitrogens with zero attached hydrogens (tertiary/aromatic N) is 2. The van der Waals surface area contributed by atoms with Crippen LogP contribution in [0.3, 0.4) is 0 Å². The van der Waals surface area contributed by atoms with Crippen molar-refractivity contribution >= 4 is 39.5 Å². The number of nitrogens with one attached hydrogen (secondary N) is 1. The number of carbonyl (C=O) groups is 2. The third-order valence-electron chi connectivity index (χ3n) is 5.32. The summed E-state index contributed by atoms with van der Waals surface area (Å²) < 4.78 is 6.27. The Hall–Kier alpha value is -2.64. The molecule has 1 aliphatic rings. The van der Waals surface area contributed by atoms with Crippen LogP contribution in [0.4, 0.5) is 5.69 Å². The van der Waals surface area contributed by atoms with Crippen molar-refractivity contribution in [1.82, 2.24) is 9.80 Å². The molecule has 0 radical (unpaired) electrons. The Kier molecular flexibility index (Phi) is 8.26. The van der Waals surface area contributed by atoms with Crippen LogP contribution in [0.1, 0.15) is 18.1 Å². The second-order valence-corrected chi connectivity index (χ2v) is 8.30. The third-order valence-corrected chi connectivity index (χ3v) is 5.81. The fourth-order valence-electron chi connectivity index (χ4n) is 3.57. The summed E-state index contributed by atoms with van der Waals surface area (Å²) in [5, 5.41) is 3.01. The summed E-state index contributed by atoms with van der Waals surface area (Å²) in [5.41, 5.74) is 2.84. The van der Waals surface area contributed by atoms with Crippen molar-refractivity contribution in [2.45, 2.75) is 13.3 Å². The number of amides is 2. The van der Waals surface area contributed by atoms with Gasteiger partial charge in [0.15, 0.2) is 0 Å². The highest BCUT2D eigenvalue weighted by Gasteiger charge is 2.21. The number of carbonyl (C=O) groups excluding carboxylic acids is 2. The van der Waals surface area contributed by atoms with Crippen LogP contribution in [0.25, 0.3) is 6.08 Å². The van der Waals surface area contributed by atoms with E-state index in [0.29, 0.717) is 38.5 Å². The molecule has 0 unspecified atom stereocenters. The molecule has 31 heavy (non-hydrogen) atoms. The fourth-order valence-corrected chi connectivity index (χ4v) is 3.95. The van der Waals surface area contributed by atoms with Crippen LogP contribution >= 0.6 is 15.9 Å². The van der Waals surface area contributed by atoms with Crippen molar-refractivity contribution in [3.8, 4) is 5.75 Å². The minimum Gasteiger partial charge on any atom is -0.496 e. The molecule has 1 saturated heterocycles. The molecule has 0 aliphatic carbocycles. The molecule has 2 aromatic carbocycles. The Morgan fingerprint density at radius 2 is 1.87 bits per heavy atom. The highest BCUT2D eigenvalue weighted by atomic mass is 79.9. The summed E-state index contributed by atoms with van der Waals surface area (Å²) >= 11 is 3.44. The van der Waals surface area contributed by atoms with Gasteiger partial charge in [0.2, 0.25) is 11.8 Å². The van der Waals surface area contributed by atoms with Crippen LogP contribution in [0, 0.1) is 0 Å². The lowest BCUT2D eigenvalue weighted by Crippen LogP contribution is -2.50. The van der Waals surface area contributed by atoms with Gasteiger partial charge in [-0.3, -0.25) is 14.5 Å². The van der Waals surface area contributed by atoms with Crippen LogP contribution in [0.5, 0.6) is 5.75 Å². The van der Waals surface area contributed by atoms with E-state index in [1.54, 1.807) is 19.3 Å². The summed E-state index contributed by atoms with van der Waals surface area (Å²) in [7, 11) is 1.61. The van der Waals surface area contributed by atoms with Gasteiger partial charge in [0.1, 0.15) is 5.75 Å². The number of hydrogen-bond donors (Lipinski definition) is 1. The Bertz CT molecular complexity index is 953. The zero-order valence-corrected chi connectivity index (χ0v) is 19.5. The van der Waals surface area contributed by atoms with Crippen molar-refractivity contribution in [2.24, 2.45) is 0 Å². The lowest BCUT2D eigenvalue weighted by molar-refractivity contribution is -0.127. The smallest absolute Gasteiger partial charge is 0.246 e. The summed E-state index contributed by atoms with van der Waals surface area (Å²) in [5.74, 6) is 0.651. The van der Waals surface area contributed by atoms with Crippen LogP contribution in [0.15, 0.2) is 53.0 Å². The molecule has 164 valence electrons. The topological polar surface area (TPSA) is 61.9 Å². The van der Waals surface area contributed by atoms with E-state index in [9.17, 15) is 9.59 Å². The van der Waals surface area contributed by atoms with Gasteiger partial charge in [-0.1, -0.05) is 41.1 Å². The summed E-state index contributed by atoms with van der Waals surface area (Å²) in [6.07, 6.45) is 4.22. The maximum atomic E-state index is 12.6. The number of piperazine rings is 1.